The molecule has 1 unspecified atom stereocenters. The molecule has 0 bridgehead atoms. The maximum absolute atomic E-state index is 13.1. The maximum atomic E-state index is 13.1. The van der Waals surface area contributed by atoms with Crippen LogP contribution < -0.4 is 0 Å². The van der Waals surface area contributed by atoms with Crippen molar-refractivity contribution in [2.45, 2.75) is 45.1 Å². The zero-order chi connectivity index (χ0) is 14.2. The number of aromatic nitrogens is 4. The molecule has 0 saturated heterocycles. The van der Waals surface area contributed by atoms with E-state index in [0.717, 1.165) is 5.69 Å². The van der Waals surface area contributed by atoms with Crippen molar-refractivity contribution >= 4 is 0 Å². The number of nitrogens with zero attached hydrogens (tertiary/aromatic N) is 4. The first-order valence-corrected chi connectivity index (χ1v) is 6.69. The van der Waals surface area contributed by atoms with Crippen LogP contribution in [0.2, 0.25) is 0 Å². The Morgan fingerprint density at radius 1 is 1.50 bits per heavy atom. The van der Waals surface area contributed by atoms with Gasteiger partial charge in [0.2, 0.25) is 11.8 Å². The van der Waals surface area contributed by atoms with Gasteiger partial charge in [-0.3, -0.25) is 4.68 Å². The molecule has 2 aromatic rings. The second-order valence-electron chi connectivity index (χ2n) is 5.43. The molecule has 2 aromatic heterocycles. The summed E-state index contributed by atoms with van der Waals surface area (Å²) in [6, 6.07) is 1.89. The molecule has 0 aromatic carbocycles. The molecular weight excluding hydrogens is 266 g/mol. The van der Waals surface area contributed by atoms with E-state index in [1.807, 2.05) is 19.2 Å². The highest BCUT2D eigenvalue weighted by molar-refractivity contribution is 4.97. The minimum absolute atomic E-state index is 0.0328. The third-order valence-corrected chi connectivity index (χ3v) is 3.56. The van der Waals surface area contributed by atoms with Gasteiger partial charge >= 0.3 is 0 Å². The molecule has 20 heavy (non-hydrogen) atoms. The lowest BCUT2D eigenvalue weighted by molar-refractivity contribution is 0.00499. The van der Waals surface area contributed by atoms with Crippen LogP contribution in [0.3, 0.4) is 0 Å². The standard InChI is InChI=1S/C13H16F2N4O/c1-9-3-5-19(17-9)8-12-16-11(18-20-12)6-10-2-4-13(14,15)7-10/h3,5,10H,2,4,6-8H2,1H3. The van der Waals surface area contributed by atoms with Crippen molar-refractivity contribution in [1.29, 1.82) is 0 Å². The molecule has 1 saturated carbocycles. The summed E-state index contributed by atoms with van der Waals surface area (Å²) in [6.07, 6.45) is 2.70. The lowest BCUT2D eigenvalue weighted by Crippen LogP contribution is -2.11. The Balaban J connectivity index is 1.60. The van der Waals surface area contributed by atoms with Crippen molar-refractivity contribution < 1.29 is 13.3 Å². The molecule has 0 amide bonds. The first-order valence-electron chi connectivity index (χ1n) is 6.69. The van der Waals surface area contributed by atoms with Crippen LogP contribution in [0, 0.1) is 12.8 Å². The van der Waals surface area contributed by atoms with Crippen molar-refractivity contribution in [3.63, 3.8) is 0 Å². The van der Waals surface area contributed by atoms with Gasteiger partial charge in [-0.05, 0) is 25.3 Å². The molecule has 7 heteroatoms. The molecule has 108 valence electrons. The van der Waals surface area contributed by atoms with Crippen LogP contribution in [0.5, 0.6) is 0 Å². The number of rotatable bonds is 4. The van der Waals surface area contributed by atoms with E-state index >= 15 is 0 Å². The molecule has 5 nitrogen and oxygen atoms in total. The van der Waals surface area contributed by atoms with Crippen LogP contribution >= 0.6 is 0 Å². The van der Waals surface area contributed by atoms with E-state index in [-0.39, 0.29) is 18.8 Å². The molecule has 1 aliphatic carbocycles. The topological polar surface area (TPSA) is 56.7 Å². The summed E-state index contributed by atoms with van der Waals surface area (Å²) in [7, 11) is 0. The highest BCUT2D eigenvalue weighted by Crippen LogP contribution is 2.39. The monoisotopic (exact) mass is 282 g/mol. The van der Waals surface area contributed by atoms with Crippen LogP contribution in [0.1, 0.15) is 36.7 Å². The highest BCUT2D eigenvalue weighted by atomic mass is 19.3. The van der Waals surface area contributed by atoms with E-state index < -0.39 is 5.92 Å². The fourth-order valence-electron chi connectivity index (χ4n) is 2.60. The Morgan fingerprint density at radius 3 is 3.00 bits per heavy atom. The van der Waals surface area contributed by atoms with E-state index in [1.165, 1.54) is 0 Å². The minimum Gasteiger partial charge on any atom is -0.337 e. The molecule has 1 fully saturated rings. The third kappa shape index (κ3) is 3.02. The predicted molar refractivity (Wildman–Crippen MR) is 66.4 cm³/mol. The third-order valence-electron chi connectivity index (χ3n) is 3.56. The average molecular weight is 282 g/mol. The Kier molecular flexibility index (Phi) is 3.27. The van der Waals surface area contributed by atoms with Gasteiger partial charge in [-0.2, -0.15) is 10.1 Å². The number of hydrogen-bond donors (Lipinski definition) is 0. The van der Waals surface area contributed by atoms with Gasteiger partial charge < -0.3 is 4.52 Å². The van der Waals surface area contributed by atoms with Crippen molar-refractivity contribution in [2.24, 2.45) is 5.92 Å². The summed E-state index contributed by atoms with van der Waals surface area (Å²) in [5.41, 5.74) is 0.915. The summed E-state index contributed by atoms with van der Waals surface area (Å²) < 4.78 is 33.1. The van der Waals surface area contributed by atoms with E-state index in [2.05, 4.69) is 15.2 Å². The number of alkyl halides is 2. The smallest absolute Gasteiger partial charge is 0.248 e. The fraction of sp³-hybridized carbons (Fsp3) is 0.615. The normalized spacial score (nSPS) is 21.4. The van der Waals surface area contributed by atoms with E-state index in [4.69, 9.17) is 4.52 Å². The van der Waals surface area contributed by atoms with Crippen LogP contribution in [0.15, 0.2) is 16.8 Å². The van der Waals surface area contributed by atoms with Gasteiger partial charge in [-0.15, -0.1) is 0 Å². The van der Waals surface area contributed by atoms with E-state index in [0.29, 0.717) is 31.1 Å². The molecular formula is C13H16F2N4O. The van der Waals surface area contributed by atoms with Gasteiger partial charge in [-0.1, -0.05) is 5.16 Å². The summed E-state index contributed by atoms with van der Waals surface area (Å²) in [5.74, 6) is -1.62. The van der Waals surface area contributed by atoms with Crippen LogP contribution in [0.25, 0.3) is 0 Å². The molecule has 0 radical (unpaired) electrons. The first kappa shape index (κ1) is 13.2. The second-order valence-corrected chi connectivity index (χ2v) is 5.43. The molecule has 2 heterocycles. The zero-order valence-corrected chi connectivity index (χ0v) is 11.2. The van der Waals surface area contributed by atoms with Gasteiger partial charge in [-0.25, -0.2) is 8.78 Å². The lowest BCUT2D eigenvalue weighted by Gasteiger charge is -2.07. The molecule has 1 aliphatic rings. The molecule has 0 spiro atoms. The van der Waals surface area contributed by atoms with Crippen molar-refractivity contribution in [3.8, 4) is 0 Å². The van der Waals surface area contributed by atoms with Gasteiger partial charge in [0.25, 0.3) is 0 Å². The van der Waals surface area contributed by atoms with Gasteiger partial charge in [0.1, 0.15) is 6.54 Å². The molecule has 1 atom stereocenters. The van der Waals surface area contributed by atoms with Crippen LogP contribution in [-0.4, -0.2) is 25.8 Å². The molecule has 3 rings (SSSR count). The summed E-state index contributed by atoms with van der Waals surface area (Å²) in [6.45, 7) is 2.30. The lowest BCUT2D eigenvalue weighted by atomic mass is 10.0. The van der Waals surface area contributed by atoms with E-state index in [9.17, 15) is 8.78 Å². The maximum Gasteiger partial charge on any atom is 0.248 e. The van der Waals surface area contributed by atoms with Crippen molar-refractivity contribution in [2.75, 3.05) is 0 Å². The van der Waals surface area contributed by atoms with Crippen molar-refractivity contribution in [1.82, 2.24) is 19.9 Å². The minimum atomic E-state index is -2.52. The molecule has 0 N–H and O–H groups in total. The number of halogens is 2. The van der Waals surface area contributed by atoms with E-state index in [1.54, 1.807) is 4.68 Å². The number of hydrogen-bond acceptors (Lipinski definition) is 4. The summed E-state index contributed by atoms with van der Waals surface area (Å²) in [4.78, 5) is 4.24. The number of aryl methyl sites for hydroxylation is 1. The predicted octanol–water partition coefficient (Wildman–Crippen LogP) is 2.60. The van der Waals surface area contributed by atoms with Gasteiger partial charge in [0.05, 0.1) is 5.69 Å². The highest BCUT2D eigenvalue weighted by Gasteiger charge is 2.39. The Labute approximate surface area is 115 Å². The van der Waals surface area contributed by atoms with Crippen LogP contribution in [-0.2, 0) is 13.0 Å². The second kappa shape index (κ2) is 4.96. The zero-order valence-electron chi connectivity index (χ0n) is 11.2. The Hall–Kier alpha value is -1.79. The average Bonchev–Trinajstić information content (AvgIpc) is 3.03. The summed E-state index contributed by atoms with van der Waals surface area (Å²) in [5, 5.41) is 8.09. The molecule has 0 aliphatic heterocycles. The Bertz CT molecular complexity index is 593. The van der Waals surface area contributed by atoms with Crippen LogP contribution in [0.4, 0.5) is 8.78 Å². The first-order chi connectivity index (χ1) is 9.50. The van der Waals surface area contributed by atoms with Gasteiger partial charge in [0, 0.05) is 25.5 Å². The largest absolute Gasteiger partial charge is 0.337 e. The summed E-state index contributed by atoms with van der Waals surface area (Å²) >= 11 is 0. The fourth-order valence-corrected chi connectivity index (χ4v) is 2.60. The Morgan fingerprint density at radius 2 is 2.35 bits per heavy atom. The quantitative estimate of drug-likeness (QED) is 0.865. The van der Waals surface area contributed by atoms with Gasteiger partial charge in [0.15, 0.2) is 5.82 Å². The van der Waals surface area contributed by atoms with Crippen molar-refractivity contribution in [3.05, 3.63) is 29.7 Å². The SMILES string of the molecule is Cc1ccn(Cc2nc(CC3CCC(F)(F)C3)no2)n1.